The van der Waals surface area contributed by atoms with Crippen molar-refractivity contribution >= 4 is 50.2 Å². The Labute approximate surface area is 174 Å². The van der Waals surface area contributed by atoms with E-state index >= 15 is 0 Å². The number of benzene rings is 2. The topological polar surface area (TPSA) is 88.6 Å². The lowest BCUT2D eigenvalue weighted by molar-refractivity contribution is 0.0965. The summed E-state index contributed by atoms with van der Waals surface area (Å²) in [6.07, 6.45) is 0. The molecule has 0 fully saturated rings. The van der Waals surface area contributed by atoms with Crippen LogP contribution in [0.4, 0.5) is 11.4 Å². The molecule has 4 aromatic rings. The largest absolute Gasteiger partial charge is 0.444 e. The van der Waals surface area contributed by atoms with E-state index < -0.39 is 0 Å². The van der Waals surface area contributed by atoms with Crippen molar-refractivity contribution < 1.29 is 18.4 Å². The molecule has 1 N–H and O–H groups in total. The zero-order valence-corrected chi connectivity index (χ0v) is 17.2. The molecule has 0 unspecified atom stereocenters. The van der Waals surface area contributed by atoms with Crippen molar-refractivity contribution in [1.29, 1.82) is 0 Å². The van der Waals surface area contributed by atoms with Gasteiger partial charge >= 0.3 is 0 Å². The fourth-order valence-corrected chi connectivity index (χ4v) is 3.29. The Kier molecular flexibility index (Phi) is 4.94. The maximum absolute atomic E-state index is 12.9. The summed E-state index contributed by atoms with van der Waals surface area (Å²) in [7, 11) is 1.59. The number of nitrogens with one attached hydrogen (secondary N) is 1. The van der Waals surface area contributed by atoms with Crippen LogP contribution in [0.1, 0.15) is 26.8 Å². The van der Waals surface area contributed by atoms with E-state index in [-0.39, 0.29) is 17.6 Å². The van der Waals surface area contributed by atoms with Crippen molar-refractivity contribution in [3.8, 4) is 0 Å². The Hall–Kier alpha value is -3.39. The van der Waals surface area contributed by atoms with Crippen LogP contribution in [0.3, 0.4) is 0 Å². The van der Waals surface area contributed by atoms with Crippen molar-refractivity contribution in [1.82, 2.24) is 4.98 Å². The minimum Gasteiger partial charge on any atom is -0.444 e. The van der Waals surface area contributed by atoms with Crippen molar-refractivity contribution in [2.75, 3.05) is 17.3 Å². The number of anilines is 2. The van der Waals surface area contributed by atoms with Gasteiger partial charge in [0.2, 0.25) is 0 Å². The first-order valence-electron chi connectivity index (χ1n) is 8.73. The van der Waals surface area contributed by atoms with Crippen molar-refractivity contribution in [3.63, 3.8) is 0 Å². The minimum atomic E-state index is -0.365. The molecule has 4 rings (SSSR count). The predicted molar refractivity (Wildman–Crippen MR) is 112 cm³/mol. The summed E-state index contributed by atoms with van der Waals surface area (Å²) in [5, 5.41) is 2.85. The molecule has 0 atom stereocenters. The number of hydrogen-bond donors (Lipinski definition) is 1. The highest BCUT2D eigenvalue weighted by Gasteiger charge is 2.22. The molecule has 2 aromatic carbocycles. The highest BCUT2D eigenvalue weighted by atomic mass is 79.9. The lowest BCUT2D eigenvalue weighted by atomic mass is 10.1. The van der Waals surface area contributed by atoms with Gasteiger partial charge in [0.15, 0.2) is 21.9 Å². The second-order valence-electron chi connectivity index (χ2n) is 6.35. The van der Waals surface area contributed by atoms with Crippen LogP contribution in [-0.4, -0.2) is 23.8 Å². The number of carbonyl (C=O) groups excluding carboxylic acids is 2. The summed E-state index contributed by atoms with van der Waals surface area (Å²) in [4.78, 5) is 31.3. The van der Waals surface area contributed by atoms with Gasteiger partial charge in [-0.05, 0) is 58.4 Å². The fourth-order valence-electron chi connectivity index (χ4n) is 2.98. The monoisotopic (exact) mass is 453 g/mol. The lowest BCUT2D eigenvalue weighted by Gasteiger charge is -2.19. The number of oxazole rings is 1. The van der Waals surface area contributed by atoms with Crippen molar-refractivity contribution in [3.05, 3.63) is 76.5 Å². The van der Waals surface area contributed by atoms with Crippen molar-refractivity contribution in [2.24, 2.45) is 0 Å². The normalized spacial score (nSPS) is 10.9. The molecule has 0 saturated carbocycles. The highest BCUT2D eigenvalue weighted by Crippen LogP contribution is 2.25. The number of nitrogens with zero attached hydrogens (tertiary/aromatic N) is 2. The summed E-state index contributed by atoms with van der Waals surface area (Å²) in [6, 6.07) is 15.3. The Morgan fingerprint density at radius 1 is 1.07 bits per heavy atom. The zero-order chi connectivity index (χ0) is 20.5. The number of rotatable bonds is 4. The third-order valence-electron chi connectivity index (χ3n) is 4.35. The molecule has 0 aliphatic carbocycles. The molecule has 0 spiro atoms. The first-order chi connectivity index (χ1) is 13.9. The first kappa shape index (κ1) is 18.9. The van der Waals surface area contributed by atoms with Gasteiger partial charge in [-0.15, -0.1) is 0 Å². The van der Waals surface area contributed by atoms with E-state index in [1.165, 1.54) is 4.90 Å². The van der Waals surface area contributed by atoms with E-state index in [1.54, 1.807) is 68.6 Å². The molecule has 146 valence electrons. The van der Waals surface area contributed by atoms with Crippen molar-refractivity contribution in [2.45, 2.75) is 6.92 Å². The molecule has 0 saturated heterocycles. The summed E-state index contributed by atoms with van der Waals surface area (Å²) in [6.45, 7) is 1.76. The maximum Gasteiger partial charge on any atom is 0.293 e. The highest BCUT2D eigenvalue weighted by molar-refractivity contribution is 9.10. The molecule has 8 heteroatoms. The summed E-state index contributed by atoms with van der Waals surface area (Å²) < 4.78 is 11.2. The average Bonchev–Trinajstić information content (AvgIpc) is 3.31. The van der Waals surface area contributed by atoms with Gasteiger partial charge < -0.3 is 19.1 Å². The van der Waals surface area contributed by atoms with E-state index in [9.17, 15) is 9.59 Å². The quantitative estimate of drug-likeness (QED) is 0.468. The molecule has 29 heavy (non-hydrogen) atoms. The molecule has 2 heterocycles. The molecular formula is C21H16BrN3O4. The summed E-state index contributed by atoms with van der Waals surface area (Å²) >= 11 is 3.19. The first-order valence-corrected chi connectivity index (χ1v) is 9.52. The molecule has 0 aliphatic heterocycles. The number of furan rings is 1. The van der Waals surface area contributed by atoms with Gasteiger partial charge in [-0.2, -0.15) is 0 Å². The summed E-state index contributed by atoms with van der Waals surface area (Å²) in [5.74, 6) is 0.0100. The SMILES string of the molecule is Cc1nc2cc(NC(=O)c3ccccc3N(C)C(=O)c3ccc(Br)o3)ccc2o1. The number of aryl methyl sites for hydroxylation is 1. The molecule has 2 aromatic heterocycles. The summed E-state index contributed by atoms with van der Waals surface area (Å²) in [5.41, 5.74) is 2.70. The van der Waals surface area contributed by atoms with Crippen LogP contribution < -0.4 is 10.2 Å². The van der Waals surface area contributed by atoms with Crippen LogP contribution in [0, 0.1) is 6.92 Å². The van der Waals surface area contributed by atoms with E-state index in [0.29, 0.717) is 38.6 Å². The molecule has 0 bridgehead atoms. The van der Waals surface area contributed by atoms with Gasteiger partial charge in [0, 0.05) is 19.7 Å². The average molecular weight is 454 g/mol. The maximum atomic E-state index is 12.9. The molecule has 7 nitrogen and oxygen atoms in total. The Bertz CT molecular complexity index is 1230. The van der Waals surface area contributed by atoms with Gasteiger partial charge in [-0.1, -0.05) is 12.1 Å². The number of carbonyl (C=O) groups is 2. The van der Waals surface area contributed by atoms with E-state index in [1.807, 2.05) is 0 Å². The Morgan fingerprint density at radius 2 is 1.86 bits per heavy atom. The van der Waals surface area contributed by atoms with Gasteiger partial charge in [0.1, 0.15) is 5.52 Å². The number of fused-ring (bicyclic) bond motifs is 1. The number of amides is 2. The van der Waals surface area contributed by atoms with Crippen LogP contribution in [0.15, 0.2) is 68.1 Å². The Morgan fingerprint density at radius 3 is 2.62 bits per heavy atom. The molecule has 0 aliphatic rings. The second-order valence-corrected chi connectivity index (χ2v) is 7.14. The van der Waals surface area contributed by atoms with E-state index in [0.717, 1.165) is 0 Å². The number of halogens is 1. The molecular weight excluding hydrogens is 438 g/mol. The predicted octanol–water partition coefficient (Wildman–Crippen LogP) is 5.02. The molecule has 0 radical (unpaired) electrons. The molecule has 2 amide bonds. The zero-order valence-electron chi connectivity index (χ0n) is 15.6. The van der Waals surface area contributed by atoms with Crippen LogP contribution >= 0.6 is 15.9 Å². The lowest BCUT2D eigenvalue weighted by Crippen LogP contribution is -2.28. The number of aromatic nitrogens is 1. The standard InChI is InChI=1S/C21H16BrN3O4/c1-12-23-15-11-13(7-8-17(15)28-12)24-20(26)14-5-3-4-6-16(14)25(2)21(27)18-9-10-19(22)29-18/h3-11H,1-2H3,(H,24,26). The van der Waals surface area contributed by atoms with Crippen LogP contribution in [0.25, 0.3) is 11.1 Å². The Balaban J connectivity index is 1.61. The van der Waals surface area contributed by atoms with Gasteiger partial charge in [-0.25, -0.2) is 4.98 Å². The van der Waals surface area contributed by atoms with E-state index in [4.69, 9.17) is 8.83 Å². The van der Waals surface area contributed by atoms with Gasteiger partial charge in [0.25, 0.3) is 11.8 Å². The van der Waals surface area contributed by atoms with Crippen LogP contribution in [0.5, 0.6) is 0 Å². The smallest absolute Gasteiger partial charge is 0.293 e. The minimum absolute atomic E-state index is 0.168. The van der Waals surface area contributed by atoms with Gasteiger partial charge in [0.05, 0.1) is 11.3 Å². The van der Waals surface area contributed by atoms with Gasteiger partial charge in [-0.3, -0.25) is 9.59 Å². The van der Waals surface area contributed by atoms with Crippen LogP contribution in [0.2, 0.25) is 0 Å². The number of para-hydroxylation sites is 1. The van der Waals surface area contributed by atoms with Crippen LogP contribution in [-0.2, 0) is 0 Å². The fraction of sp³-hybridized carbons (Fsp3) is 0.0952. The third-order valence-corrected chi connectivity index (χ3v) is 4.78. The van der Waals surface area contributed by atoms with E-state index in [2.05, 4.69) is 26.2 Å². The third kappa shape index (κ3) is 3.79. The second kappa shape index (κ2) is 7.56. The number of hydrogen-bond acceptors (Lipinski definition) is 5.